The fraction of sp³-hybridized carbons (Fsp3) is 0.0833. The highest BCUT2D eigenvalue weighted by Gasteiger charge is 2.01. The van der Waals surface area contributed by atoms with Gasteiger partial charge in [0.25, 0.3) is 0 Å². The predicted molar refractivity (Wildman–Crippen MR) is 63.5 cm³/mol. The summed E-state index contributed by atoms with van der Waals surface area (Å²) in [7, 11) is 0. The largest absolute Gasteiger partial charge is 0.385 e. The zero-order chi connectivity index (χ0) is 10.7. The second-order valence-electron chi connectivity index (χ2n) is 3.44. The first-order chi connectivity index (χ1) is 7.31. The Labute approximate surface area is 88.4 Å². The third-order valence-corrected chi connectivity index (χ3v) is 2.42. The van der Waals surface area contributed by atoms with Crippen LogP contribution in [-0.4, -0.2) is 5.84 Å². The van der Waals surface area contributed by atoms with E-state index in [1.165, 1.54) is 10.8 Å². The lowest BCUT2D eigenvalue weighted by Gasteiger charge is -2.05. The van der Waals surface area contributed by atoms with Crippen molar-refractivity contribution in [1.29, 1.82) is 0 Å². The van der Waals surface area contributed by atoms with Gasteiger partial charge in [-0.3, -0.25) is 0 Å². The van der Waals surface area contributed by atoms with Crippen LogP contribution in [-0.2, 0) is 6.42 Å². The summed E-state index contributed by atoms with van der Waals surface area (Å²) >= 11 is 0. The molecule has 0 atom stereocenters. The highest BCUT2D eigenvalue weighted by atomic mass is 15.1. The molecule has 4 N–H and O–H groups in total. The number of hydrogen-bond acceptors (Lipinski definition) is 2. The Hall–Kier alpha value is -2.03. The Balaban J connectivity index is 2.51. The molecule has 0 radical (unpaired) electrons. The van der Waals surface area contributed by atoms with Gasteiger partial charge in [-0.05, 0) is 16.3 Å². The van der Waals surface area contributed by atoms with Gasteiger partial charge in [-0.2, -0.15) is 5.10 Å². The summed E-state index contributed by atoms with van der Waals surface area (Å²) in [5.74, 6) is 5.58. The summed E-state index contributed by atoms with van der Waals surface area (Å²) in [5, 5.41) is 5.89. The van der Waals surface area contributed by atoms with E-state index in [-0.39, 0.29) is 0 Å². The normalized spacial score (nSPS) is 11.9. The molecular weight excluding hydrogens is 186 g/mol. The molecule has 15 heavy (non-hydrogen) atoms. The van der Waals surface area contributed by atoms with Crippen LogP contribution in [0, 0.1) is 0 Å². The molecule has 0 saturated heterocycles. The van der Waals surface area contributed by atoms with Crippen LogP contribution in [0.4, 0.5) is 0 Å². The van der Waals surface area contributed by atoms with Crippen LogP contribution in [0.2, 0.25) is 0 Å². The highest BCUT2D eigenvalue weighted by molar-refractivity contribution is 5.91. The van der Waals surface area contributed by atoms with E-state index in [2.05, 4.69) is 23.3 Å². The molecule has 0 aliphatic heterocycles. The fourth-order valence-electron chi connectivity index (χ4n) is 1.69. The van der Waals surface area contributed by atoms with Crippen molar-refractivity contribution in [3.8, 4) is 0 Å². The number of benzene rings is 2. The lowest BCUT2D eigenvalue weighted by molar-refractivity contribution is 1.18. The monoisotopic (exact) mass is 199 g/mol. The first kappa shape index (κ1) is 9.52. The van der Waals surface area contributed by atoms with Gasteiger partial charge >= 0.3 is 0 Å². The SMILES string of the molecule is N/N=C(\N)Cc1cccc2ccccc12. The van der Waals surface area contributed by atoms with Gasteiger partial charge in [-0.15, -0.1) is 0 Å². The number of rotatable bonds is 2. The van der Waals surface area contributed by atoms with E-state index in [1.807, 2.05) is 24.3 Å². The van der Waals surface area contributed by atoms with E-state index in [4.69, 9.17) is 11.6 Å². The maximum absolute atomic E-state index is 5.62. The maximum Gasteiger partial charge on any atom is 0.123 e. The van der Waals surface area contributed by atoms with E-state index in [1.54, 1.807) is 0 Å². The Morgan fingerprint density at radius 1 is 1.07 bits per heavy atom. The molecule has 0 amide bonds. The summed E-state index contributed by atoms with van der Waals surface area (Å²) in [5.41, 5.74) is 6.77. The molecule has 0 aliphatic carbocycles. The van der Waals surface area contributed by atoms with E-state index in [0.29, 0.717) is 12.3 Å². The topological polar surface area (TPSA) is 64.4 Å². The molecule has 3 nitrogen and oxygen atoms in total. The van der Waals surface area contributed by atoms with Gasteiger partial charge < -0.3 is 11.6 Å². The van der Waals surface area contributed by atoms with Gasteiger partial charge in [0.05, 0.1) is 0 Å². The molecule has 2 aromatic carbocycles. The van der Waals surface area contributed by atoms with Crippen molar-refractivity contribution in [2.45, 2.75) is 6.42 Å². The molecule has 2 aromatic rings. The molecule has 0 aromatic heterocycles. The van der Waals surface area contributed by atoms with Gasteiger partial charge in [-0.1, -0.05) is 42.5 Å². The lowest BCUT2D eigenvalue weighted by atomic mass is 10.0. The Bertz CT molecular complexity index is 498. The minimum absolute atomic E-state index is 0.450. The Morgan fingerprint density at radius 3 is 2.60 bits per heavy atom. The van der Waals surface area contributed by atoms with Crippen molar-refractivity contribution in [2.75, 3.05) is 0 Å². The first-order valence-electron chi connectivity index (χ1n) is 4.80. The second kappa shape index (κ2) is 4.00. The fourth-order valence-corrected chi connectivity index (χ4v) is 1.69. The number of hydrogen-bond donors (Lipinski definition) is 2. The lowest BCUT2D eigenvalue weighted by Crippen LogP contribution is -2.17. The molecule has 76 valence electrons. The predicted octanol–water partition coefficient (Wildman–Crippen LogP) is 1.61. The molecular formula is C12H13N3. The van der Waals surface area contributed by atoms with Gasteiger partial charge in [-0.25, -0.2) is 0 Å². The van der Waals surface area contributed by atoms with Gasteiger partial charge in [0.15, 0.2) is 0 Å². The van der Waals surface area contributed by atoms with Crippen LogP contribution < -0.4 is 11.6 Å². The van der Waals surface area contributed by atoms with Crippen molar-refractivity contribution < 1.29 is 0 Å². The molecule has 0 saturated carbocycles. The second-order valence-corrected chi connectivity index (χ2v) is 3.44. The minimum Gasteiger partial charge on any atom is -0.385 e. The third kappa shape index (κ3) is 1.91. The first-order valence-corrected chi connectivity index (χ1v) is 4.80. The van der Waals surface area contributed by atoms with Crippen molar-refractivity contribution in [2.24, 2.45) is 16.7 Å². The number of nitrogens with zero attached hydrogens (tertiary/aromatic N) is 1. The summed E-state index contributed by atoms with van der Waals surface area (Å²) in [4.78, 5) is 0. The molecule has 0 unspecified atom stereocenters. The number of hydrazone groups is 1. The zero-order valence-corrected chi connectivity index (χ0v) is 8.35. The summed E-state index contributed by atoms with van der Waals surface area (Å²) < 4.78 is 0. The summed E-state index contributed by atoms with van der Waals surface area (Å²) in [6.45, 7) is 0. The van der Waals surface area contributed by atoms with Crippen LogP contribution in [0.25, 0.3) is 10.8 Å². The molecule has 0 heterocycles. The maximum atomic E-state index is 5.62. The molecule has 0 spiro atoms. The van der Waals surface area contributed by atoms with E-state index < -0.39 is 0 Å². The Kier molecular flexibility index (Phi) is 2.54. The Morgan fingerprint density at radius 2 is 1.80 bits per heavy atom. The van der Waals surface area contributed by atoms with Crippen molar-refractivity contribution in [1.82, 2.24) is 0 Å². The van der Waals surface area contributed by atoms with Crippen molar-refractivity contribution in [3.05, 3.63) is 48.0 Å². The van der Waals surface area contributed by atoms with Crippen LogP contribution in [0.5, 0.6) is 0 Å². The molecule has 0 fully saturated rings. The molecule has 2 rings (SSSR count). The minimum atomic E-state index is 0.450. The number of nitrogens with two attached hydrogens (primary N) is 2. The van der Waals surface area contributed by atoms with Crippen LogP contribution in [0.15, 0.2) is 47.6 Å². The average molecular weight is 199 g/mol. The number of amidine groups is 1. The molecule has 0 bridgehead atoms. The highest BCUT2D eigenvalue weighted by Crippen LogP contribution is 2.18. The third-order valence-electron chi connectivity index (χ3n) is 2.42. The van der Waals surface area contributed by atoms with Crippen molar-refractivity contribution >= 4 is 16.6 Å². The molecule has 0 aliphatic rings. The van der Waals surface area contributed by atoms with Crippen LogP contribution >= 0.6 is 0 Å². The summed E-state index contributed by atoms with van der Waals surface area (Å²) in [6.07, 6.45) is 0.595. The standard InChI is InChI=1S/C12H13N3/c13-12(15-14)8-10-6-3-5-9-4-1-2-7-11(9)10/h1-7H,8,14H2,(H2,13,15). The zero-order valence-electron chi connectivity index (χ0n) is 8.35. The van der Waals surface area contributed by atoms with Crippen molar-refractivity contribution in [3.63, 3.8) is 0 Å². The summed E-state index contributed by atoms with van der Waals surface area (Å²) in [6, 6.07) is 14.3. The number of fused-ring (bicyclic) bond motifs is 1. The van der Waals surface area contributed by atoms with Gasteiger partial charge in [0.2, 0.25) is 0 Å². The van der Waals surface area contributed by atoms with Gasteiger partial charge in [0, 0.05) is 6.42 Å². The van der Waals surface area contributed by atoms with E-state index in [9.17, 15) is 0 Å². The smallest absolute Gasteiger partial charge is 0.123 e. The molecule has 3 heteroatoms. The van der Waals surface area contributed by atoms with E-state index in [0.717, 1.165) is 5.56 Å². The van der Waals surface area contributed by atoms with Crippen LogP contribution in [0.3, 0.4) is 0 Å². The van der Waals surface area contributed by atoms with Gasteiger partial charge in [0.1, 0.15) is 5.84 Å². The van der Waals surface area contributed by atoms with Crippen LogP contribution in [0.1, 0.15) is 5.56 Å². The average Bonchev–Trinajstić information content (AvgIpc) is 2.29. The van der Waals surface area contributed by atoms with E-state index >= 15 is 0 Å². The quantitative estimate of drug-likeness (QED) is 0.334.